The van der Waals surface area contributed by atoms with E-state index >= 15 is 0 Å². The van der Waals surface area contributed by atoms with Crippen LogP contribution in [0.5, 0.6) is 0 Å². The lowest BCUT2D eigenvalue weighted by Gasteiger charge is -2.47. The molecule has 3 aliphatic rings. The first-order valence-electron chi connectivity index (χ1n) is 5.60. The van der Waals surface area contributed by atoms with Gasteiger partial charge in [-0.1, -0.05) is 11.6 Å². The van der Waals surface area contributed by atoms with E-state index < -0.39 is 0 Å². The Labute approximate surface area is 95.3 Å². The van der Waals surface area contributed by atoms with Crippen molar-refractivity contribution in [2.24, 2.45) is 11.8 Å². The molecule has 15 heavy (non-hydrogen) atoms. The SMILES string of the molecule is Cc1ccnc(N2CC3CC(C3)C2)c1Cl. The molecule has 1 saturated carbocycles. The molecule has 80 valence electrons. The molecule has 2 saturated heterocycles. The second kappa shape index (κ2) is 3.38. The van der Waals surface area contributed by atoms with Crippen LogP contribution in [0.1, 0.15) is 18.4 Å². The molecule has 0 aromatic carbocycles. The second-order valence-corrected chi connectivity index (χ2v) is 5.25. The van der Waals surface area contributed by atoms with Gasteiger partial charge in [0.05, 0.1) is 5.02 Å². The van der Waals surface area contributed by atoms with Gasteiger partial charge in [-0.3, -0.25) is 0 Å². The summed E-state index contributed by atoms with van der Waals surface area (Å²) in [6.45, 7) is 4.33. The normalized spacial score (nSPS) is 28.8. The Balaban J connectivity index is 1.89. The number of aromatic nitrogens is 1. The molecule has 3 heteroatoms. The zero-order valence-electron chi connectivity index (χ0n) is 8.91. The Morgan fingerprint density at radius 1 is 1.33 bits per heavy atom. The molecule has 1 aromatic rings. The van der Waals surface area contributed by atoms with E-state index in [0.29, 0.717) is 0 Å². The van der Waals surface area contributed by atoms with Gasteiger partial charge in [-0.2, -0.15) is 0 Å². The predicted molar refractivity (Wildman–Crippen MR) is 62.4 cm³/mol. The zero-order chi connectivity index (χ0) is 10.4. The van der Waals surface area contributed by atoms with E-state index in [1.54, 1.807) is 0 Å². The highest BCUT2D eigenvalue weighted by molar-refractivity contribution is 6.33. The largest absolute Gasteiger partial charge is 0.355 e. The molecular weight excluding hydrogens is 208 g/mol. The maximum Gasteiger partial charge on any atom is 0.147 e. The van der Waals surface area contributed by atoms with Crippen molar-refractivity contribution in [3.05, 3.63) is 22.8 Å². The Bertz CT molecular complexity index is 375. The van der Waals surface area contributed by atoms with Crippen molar-refractivity contribution in [3.8, 4) is 0 Å². The summed E-state index contributed by atoms with van der Waals surface area (Å²) < 4.78 is 0. The summed E-state index contributed by atoms with van der Waals surface area (Å²) in [6, 6.07) is 1.97. The minimum atomic E-state index is 0.832. The van der Waals surface area contributed by atoms with Crippen LogP contribution in [0.4, 0.5) is 5.82 Å². The van der Waals surface area contributed by atoms with E-state index in [2.05, 4.69) is 9.88 Å². The minimum absolute atomic E-state index is 0.832. The van der Waals surface area contributed by atoms with Crippen molar-refractivity contribution in [1.82, 2.24) is 4.98 Å². The van der Waals surface area contributed by atoms with Crippen molar-refractivity contribution in [2.75, 3.05) is 18.0 Å². The van der Waals surface area contributed by atoms with Crippen LogP contribution in [0, 0.1) is 18.8 Å². The standard InChI is InChI=1S/C12H15ClN2/c1-8-2-3-14-12(11(8)13)15-6-9-4-10(5-9)7-15/h2-3,9-10H,4-7H2,1H3. The Morgan fingerprint density at radius 2 is 2.00 bits per heavy atom. The highest BCUT2D eigenvalue weighted by Gasteiger charge is 2.37. The number of halogens is 1. The van der Waals surface area contributed by atoms with Crippen LogP contribution in [-0.4, -0.2) is 18.1 Å². The average Bonchev–Trinajstić information content (AvgIpc) is 2.21. The van der Waals surface area contributed by atoms with E-state index in [4.69, 9.17) is 11.6 Å². The zero-order valence-corrected chi connectivity index (χ0v) is 9.67. The quantitative estimate of drug-likeness (QED) is 0.727. The number of piperidine rings is 2. The fourth-order valence-corrected chi connectivity index (χ4v) is 3.02. The van der Waals surface area contributed by atoms with Crippen molar-refractivity contribution in [3.63, 3.8) is 0 Å². The number of hydrogen-bond donors (Lipinski definition) is 0. The van der Waals surface area contributed by atoms with E-state index in [9.17, 15) is 0 Å². The van der Waals surface area contributed by atoms with Gasteiger partial charge in [-0.15, -0.1) is 0 Å². The topological polar surface area (TPSA) is 16.1 Å². The smallest absolute Gasteiger partial charge is 0.147 e. The summed E-state index contributed by atoms with van der Waals surface area (Å²) in [6.07, 6.45) is 4.69. The van der Waals surface area contributed by atoms with Crippen LogP contribution in [0.2, 0.25) is 5.02 Å². The lowest BCUT2D eigenvalue weighted by Crippen LogP contribution is -2.49. The molecule has 0 atom stereocenters. The Hall–Kier alpha value is -0.760. The highest BCUT2D eigenvalue weighted by atomic mass is 35.5. The monoisotopic (exact) mass is 222 g/mol. The number of nitrogens with zero attached hydrogens (tertiary/aromatic N) is 2. The van der Waals surface area contributed by atoms with Crippen LogP contribution >= 0.6 is 11.6 Å². The summed E-state index contributed by atoms with van der Waals surface area (Å²) in [5, 5.41) is 0.832. The van der Waals surface area contributed by atoms with Crippen LogP contribution in [-0.2, 0) is 0 Å². The van der Waals surface area contributed by atoms with Crippen LogP contribution < -0.4 is 4.90 Å². The summed E-state index contributed by atoms with van der Waals surface area (Å²) >= 11 is 6.28. The maximum atomic E-state index is 6.28. The number of aryl methyl sites for hydroxylation is 1. The fraction of sp³-hybridized carbons (Fsp3) is 0.583. The molecule has 0 unspecified atom stereocenters. The third-order valence-electron chi connectivity index (χ3n) is 3.65. The number of rotatable bonds is 1. The van der Waals surface area contributed by atoms with Gasteiger partial charge in [0.25, 0.3) is 0 Å². The van der Waals surface area contributed by atoms with E-state index in [-0.39, 0.29) is 0 Å². The summed E-state index contributed by atoms with van der Waals surface area (Å²) in [4.78, 5) is 6.77. The van der Waals surface area contributed by atoms with Gasteiger partial charge in [0.2, 0.25) is 0 Å². The molecule has 0 spiro atoms. The molecule has 0 amide bonds. The Kier molecular flexibility index (Phi) is 2.13. The van der Waals surface area contributed by atoms with Crippen molar-refractivity contribution >= 4 is 17.4 Å². The number of anilines is 1. The predicted octanol–water partition coefficient (Wildman–Crippen LogP) is 2.89. The molecule has 1 aliphatic carbocycles. The van der Waals surface area contributed by atoms with Crippen molar-refractivity contribution in [2.45, 2.75) is 19.8 Å². The fourth-order valence-electron chi connectivity index (χ4n) is 2.79. The van der Waals surface area contributed by atoms with Gasteiger partial charge in [0, 0.05) is 19.3 Å². The number of fused-ring (bicyclic) bond motifs is 2. The van der Waals surface area contributed by atoms with Crippen molar-refractivity contribution in [1.29, 1.82) is 0 Å². The Morgan fingerprint density at radius 3 is 2.67 bits per heavy atom. The average molecular weight is 223 g/mol. The van der Waals surface area contributed by atoms with Crippen LogP contribution in [0.25, 0.3) is 0 Å². The summed E-state index contributed by atoms with van der Waals surface area (Å²) in [5.41, 5.74) is 1.13. The first-order chi connectivity index (χ1) is 7.24. The lowest BCUT2D eigenvalue weighted by molar-refractivity contribution is 0.158. The lowest BCUT2D eigenvalue weighted by atomic mass is 9.71. The van der Waals surface area contributed by atoms with Gasteiger partial charge < -0.3 is 4.90 Å². The molecular formula is C12H15ClN2. The summed E-state index contributed by atoms with van der Waals surface area (Å²) in [7, 11) is 0. The number of hydrogen-bond acceptors (Lipinski definition) is 2. The molecule has 2 aliphatic heterocycles. The van der Waals surface area contributed by atoms with Gasteiger partial charge in [-0.25, -0.2) is 4.98 Å². The van der Waals surface area contributed by atoms with Crippen LogP contribution in [0.15, 0.2) is 12.3 Å². The summed E-state index contributed by atoms with van der Waals surface area (Å²) in [5.74, 6) is 2.77. The van der Waals surface area contributed by atoms with Crippen LogP contribution in [0.3, 0.4) is 0 Å². The maximum absolute atomic E-state index is 6.28. The van der Waals surface area contributed by atoms with Gasteiger partial charge in [0.1, 0.15) is 5.82 Å². The van der Waals surface area contributed by atoms with Gasteiger partial charge in [0.15, 0.2) is 0 Å². The molecule has 0 radical (unpaired) electrons. The third-order valence-corrected chi connectivity index (χ3v) is 4.12. The molecule has 0 N–H and O–H groups in total. The molecule has 3 heterocycles. The molecule has 2 bridgehead atoms. The first kappa shape index (κ1) is 9.46. The third kappa shape index (κ3) is 1.51. The second-order valence-electron chi connectivity index (χ2n) is 4.87. The van der Waals surface area contributed by atoms with Gasteiger partial charge >= 0.3 is 0 Å². The highest BCUT2D eigenvalue weighted by Crippen LogP contribution is 2.42. The molecule has 1 aromatic heterocycles. The van der Waals surface area contributed by atoms with Gasteiger partial charge in [-0.05, 0) is 43.2 Å². The molecule has 2 nitrogen and oxygen atoms in total. The van der Waals surface area contributed by atoms with E-state index in [1.165, 1.54) is 12.8 Å². The minimum Gasteiger partial charge on any atom is -0.355 e. The van der Waals surface area contributed by atoms with Crippen molar-refractivity contribution < 1.29 is 0 Å². The number of pyridine rings is 1. The molecule has 4 rings (SSSR count). The van der Waals surface area contributed by atoms with E-state index in [1.807, 2.05) is 19.2 Å². The molecule has 3 fully saturated rings. The van der Waals surface area contributed by atoms with E-state index in [0.717, 1.165) is 41.3 Å². The first-order valence-corrected chi connectivity index (χ1v) is 5.98.